The van der Waals surface area contributed by atoms with Gasteiger partial charge in [-0.15, -0.1) is 0 Å². The van der Waals surface area contributed by atoms with Crippen molar-refractivity contribution in [3.63, 3.8) is 0 Å². The second-order valence-corrected chi connectivity index (χ2v) is 5.58. The van der Waals surface area contributed by atoms with Gasteiger partial charge in [0.05, 0.1) is 5.69 Å². The van der Waals surface area contributed by atoms with E-state index < -0.39 is 23.4 Å². The van der Waals surface area contributed by atoms with Crippen LogP contribution in [0.3, 0.4) is 0 Å². The Kier molecular flexibility index (Phi) is 5.22. The summed E-state index contributed by atoms with van der Waals surface area (Å²) in [7, 11) is 0. The molecule has 3 nitrogen and oxygen atoms in total. The van der Waals surface area contributed by atoms with E-state index in [2.05, 4.69) is 10.6 Å². The van der Waals surface area contributed by atoms with E-state index in [4.69, 9.17) is 0 Å². The summed E-state index contributed by atoms with van der Waals surface area (Å²) in [6.07, 6.45) is 2.36. The second-order valence-electron chi connectivity index (χ2n) is 5.58. The van der Waals surface area contributed by atoms with Crippen LogP contribution in [0.25, 0.3) is 0 Å². The van der Waals surface area contributed by atoms with Crippen molar-refractivity contribution in [2.45, 2.75) is 26.2 Å². The summed E-state index contributed by atoms with van der Waals surface area (Å²) in [5.41, 5.74) is -0.326. The number of nitrogens with one attached hydrogen (secondary N) is 2. The molecule has 21 heavy (non-hydrogen) atoms. The van der Waals surface area contributed by atoms with Gasteiger partial charge < -0.3 is 10.6 Å². The fourth-order valence-corrected chi connectivity index (χ4v) is 2.64. The molecule has 1 saturated heterocycles. The highest BCUT2D eigenvalue weighted by molar-refractivity contribution is 5.90. The zero-order valence-electron chi connectivity index (χ0n) is 11.9. The van der Waals surface area contributed by atoms with Crippen molar-refractivity contribution in [1.29, 1.82) is 0 Å². The van der Waals surface area contributed by atoms with Crippen molar-refractivity contribution in [3.8, 4) is 0 Å². The molecule has 1 aliphatic rings. The van der Waals surface area contributed by atoms with Crippen LogP contribution in [0.5, 0.6) is 0 Å². The predicted octanol–water partition coefficient (Wildman–Crippen LogP) is 3.07. The van der Waals surface area contributed by atoms with Gasteiger partial charge in [0.1, 0.15) is 5.82 Å². The van der Waals surface area contributed by atoms with Crippen LogP contribution < -0.4 is 10.6 Å². The summed E-state index contributed by atoms with van der Waals surface area (Å²) < 4.78 is 39.3. The van der Waals surface area contributed by atoms with Crippen LogP contribution in [0.1, 0.15) is 26.2 Å². The molecule has 116 valence electrons. The lowest BCUT2D eigenvalue weighted by atomic mass is 9.85. The number of halogens is 3. The van der Waals surface area contributed by atoms with Crippen LogP contribution in [0.2, 0.25) is 0 Å². The summed E-state index contributed by atoms with van der Waals surface area (Å²) in [4.78, 5) is 11.9. The van der Waals surface area contributed by atoms with E-state index in [1.165, 1.54) is 0 Å². The molecule has 0 bridgehead atoms. The lowest BCUT2D eigenvalue weighted by molar-refractivity contribution is -0.117. The zero-order chi connectivity index (χ0) is 15.4. The Labute approximate surface area is 121 Å². The number of carbonyl (C=O) groups is 1. The van der Waals surface area contributed by atoms with Gasteiger partial charge in [-0.25, -0.2) is 13.2 Å². The topological polar surface area (TPSA) is 41.1 Å². The fraction of sp³-hybridized carbons (Fsp3) is 0.533. The summed E-state index contributed by atoms with van der Waals surface area (Å²) in [5.74, 6) is -3.28. The molecular weight excluding hydrogens is 281 g/mol. The van der Waals surface area contributed by atoms with Crippen molar-refractivity contribution >= 4 is 11.6 Å². The van der Waals surface area contributed by atoms with E-state index in [0.717, 1.165) is 25.9 Å². The third-order valence-corrected chi connectivity index (χ3v) is 3.93. The first kappa shape index (κ1) is 15.8. The second kappa shape index (κ2) is 6.93. The summed E-state index contributed by atoms with van der Waals surface area (Å²) in [6, 6.07) is 1.09. The third kappa shape index (κ3) is 4.20. The van der Waals surface area contributed by atoms with Crippen LogP contribution in [0.4, 0.5) is 18.9 Å². The minimum absolute atomic E-state index is 0.145. The Morgan fingerprint density at radius 3 is 2.71 bits per heavy atom. The molecule has 2 unspecified atom stereocenters. The molecule has 2 N–H and O–H groups in total. The molecule has 2 atom stereocenters. The van der Waals surface area contributed by atoms with Gasteiger partial charge in [0, 0.05) is 18.6 Å². The van der Waals surface area contributed by atoms with Gasteiger partial charge in [0.15, 0.2) is 11.6 Å². The molecule has 1 fully saturated rings. The molecule has 0 saturated carbocycles. The minimum Gasteiger partial charge on any atom is -0.323 e. The number of hydrogen-bond donors (Lipinski definition) is 2. The standard InChI is InChI=1S/C15H19F3N2O/c1-9(10-3-2-4-19-8-10)5-15(21)20-14-7-12(17)11(16)6-13(14)18/h6-7,9-10,19H,2-5,8H2,1H3,(H,20,21). The number of hydrogen-bond acceptors (Lipinski definition) is 2. The molecule has 1 aromatic rings. The van der Waals surface area contributed by atoms with E-state index in [1.807, 2.05) is 6.92 Å². The molecule has 0 aromatic heterocycles. The van der Waals surface area contributed by atoms with Crippen molar-refractivity contribution in [2.75, 3.05) is 18.4 Å². The lowest BCUT2D eigenvalue weighted by Gasteiger charge is -2.28. The first-order valence-electron chi connectivity index (χ1n) is 7.12. The maximum atomic E-state index is 13.5. The molecule has 1 heterocycles. The van der Waals surface area contributed by atoms with Crippen LogP contribution in [-0.4, -0.2) is 19.0 Å². The largest absolute Gasteiger partial charge is 0.323 e. The first-order valence-corrected chi connectivity index (χ1v) is 7.12. The van der Waals surface area contributed by atoms with Gasteiger partial charge in [-0.1, -0.05) is 6.92 Å². The normalized spacial score (nSPS) is 20.1. The van der Waals surface area contributed by atoms with Gasteiger partial charge in [0.2, 0.25) is 5.91 Å². The SMILES string of the molecule is CC(CC(=O)Nc1cc(F)c(F)cc1F)C1CCCNC1. The van der Waals surface area contributed by atoms with Crippen LogP contribution in [0.15, 0.2) is 12.1 Å². The number of amides is 1. The third-order valence-electron chi connectivity index (χ3n) is 3.93. The van der Waals surface area contributed by atoms with Crippen molar-refractivity contribution in [2.24, 2.45) is 11.8 Å². The average molecular weight is 300 g/mol. The number of piperidine rings is 1. The highest BCUT2D eigenvalue weighted by atomic mass is 19.2. The molecule has 1 aliphatic heterocycles. The average Bonchev–Trinajstić information content (AvgIpc) is 2.45. The van der Waals surface area contributed by atoms with Crippen LogP contribution in [-0.2, 0) is 4.79 Å². The maximum Gasteiger partial charge on any atom is 0.224 e. The highest BCUT2D eigenvalue weighted by Gasteiger charge is 2.22. The molecule has 0 radical (unpaired) electrons. The Hall–Kier alpha value is -1.56. The smallest absolute Gasteiger partial charge is 0.224 e. The summed E-state index contributed by atoms with van der Waals surface area (Å²) in [6.45, 7) is 3.84. The Bertz CT molecular complexity index is 516. The molecule has 0 aliphatic carbocycles. The van der Waals surface area contributed by atoms with Crippen molar-refractivity contribution in [3.05, 3.63) is 29.6 Å². The van der Waals surface area contributed by atoms with E-state index >= 15 is 0 Å². The van der Waals surface area contributed by atoms with E-state index in [9.17, 15) is 18.0 Å². The highest BCUT2D eigenvalue weighted by Crippen LogP contribution is 2.24. The molecule has 1 aromatic carbocycles. The Morgan fingerprint density at radius 1 is 1.33 bits per heavy atom. The summed E-state index contributed by atoms with van der Waals surface area (Å²) in [5, 5.41) is 5.59. The van der Waals surface area contributed by atoms with Gasteiger partial charge in [0.25, 0.3) is 0 Å². The number of benzene rings is 1. The monoisotopic (exact) mass is 300 g/mol. The van der Waals surface area contributed by atoms with E-state index in [1.54, 1.807) is 0 Å². The molecular formula is C15H19F3N2O. The molecule has 2 rings (SSSR count). The van der Waals surface area contributed by atoms with Crippen LogP contribution >= 0.6 is 0 Å². The van der Waals surface area contributed by atoms with Crippen molar-refractivity contribution < 1.29 is 18.0 Å². The quantitative estimate of drug-likeness (QED) is 0.839. The number of carbonyl (C=O) groups excluding carboxylic acids is 1. The minimum atomic E-state index is -1.27. The van der Waals surface area contributed by atoms with Gasteiger partial charge in [-0.3, -0.25) is 4.79 Å². The van der Waals surface area contributed by atoms with Gasteiger partial charge in [-0.05, 0) is 37.8 Å². The van der Waals surface area contributed by atoms with E-state index in [-0.39, 0.29) is 18.0 Å². The van der Waals surface area contributed by atoms with Crippen molar-refractivity contribution in [1.82, 2.24) is 5.32 Å². The number of anilines is 1. The maximum absolute atomic E-state index is 13.5. The fourth-order valence-electron chi connectivity index (χ4n) is 2.64. The summed E-state index contributed by atoms with van der Waals surface area (Å²) >= 11 is 0. The van der Waals surface area contributed by atoms with Gasteiger partial charge in [-0.2, -0.15) is 0 Å². The Balaban J connectivity index is 1.93. The van der Waals surface area contributed by atoms with Gasteiger partial charge >= 0.3 is 0 Å². The van der Waals surface area contributed by atoms with E-state index in [0.29, 0.717) is 18.1 Å². The molecule has 0 spiro atoms. The lowest BCUT2D eigenvalue weighted by Crippen LogP contribution is -2.34. The van der Waals surface area contributed by atoms with Crippen LogP contribution in [0, 0.1) is 29.3 Å². The first-order chi connectivity index (χ1) is 9.97. The number of rotatable bonds is 4. The predicted molar refractivity (Wildman–Crippen MR) is 74.3 cm³/mol. The zero-order valence-corrected chi connectivity index (χ0v) is 11.9. The Morgan fingerprint density at radius 2 is 2.05 bits per heavy atom. The molecule has 1 amide bonds. The molecule has 6 heteroatoms.